The normalized spacial score (nSPS) is 14.7. The molecule has 0 fully saturated rings. The van der Waals surface area contributed by atoms with Crippen molar-refractivity contribution in [2.75, 3.05) is 7.11 Å². The van der Waals surface area contributed by atoms with E-state index in [1.165, 1.54) is 12.1 Å². The minimum absolute atomic E-state index is 0.0869. The monoisotopic (exact) mass is 366 g/mol. The molecule has 3 rings (SSSR count). The number of methoxy groups -OCH3 is 1. The standard InChI is InChI=1S/C21H22N2O4/c1-21(2)12-15-8-9-16(27-3)10-17(15)18(22-21)11-19(24)13-4-6-14(7-5-13)20(25)23-26/h4-10,26H,11-12H2,1-3H3,(H,23,25). The van der Waals surface area contributed by atoms with Gasteiger partial charge in [-0.05, 0) is 50.1 Å². The summed E-state index contributed by atoms with van der Waals surface area (Å²) >= 11 is 0. The maximum atomic E-state index is 12.8. The lowest BCUT2D eigenvalue weighted by Gasteiger charge is -2.29. The highest BCUT2D eigenvalue weighted by molar-refractivity contribution is 6.17. The summed E-state index contributed by atoms with van der Waals surface area (Å²) in [6.45, 7) is 4.10. The van der Waals surface area contributed by atoms with Gasteiger partial charge in [0.25, 0.3) is 5.91 Å². The van der Waals surface area contributed by atoms with Gasteiger partial charge < -0.3 is 4.74 Å². The molecule has 0 radical (unpaired) electrons. The summed E-state index contributed by atoms with van der Waals surface area (Å²) in [6.07, 6.45) is 0.962. The molecule has 0 unspecified atom stereocenters. The quantitative estimate of drug-likeness (QED) is 0.483. The molecule has 0 aromatic heterocycles. The van der Waals surface area contributed by atoms with Crippen molar-refractivity contribution >= 4 is 17.4 Å². The van der Waals surface area contributed by atoms with E-state index in [4.69, 9.17) is 14.9 Å². The smallest absolute Gasteiger partial charge is 0.274 e. The first-order valence-corrected chi connectivity index (χ1v) is 8.67. The van der Waals surface area contributed by atoms with E-state index in [1.807, 2.05) is 32.0 Å². The van der Waals surface area contributed by atoms with Crippen LogP contribution in [0.1, 0.15) is 52.1 Å². The summed E-state index contributed by atoms with van der Waals surface area (Å²) in [5, 5.41) is 8.68. The summed E-state index contributed by atoms with van der Waals surface area (Å²) in [6, 6.07) is 12.0. The van der Waals surface area contributed by atoms with Gasteiger partial charge in [-0.2, -0.15) is 0 Å². The Morgan fingerprint density at radius 1 is 1.15 bits per heavy atom. The van der Waals surface area contributed by atoms with Crippen molar-refractivity contribution in [1.29, 1.82) is 0 Å². The van der Waals surface area contributed by atoms with Crippen molar-refractivity contribution in [1.82, 2.24) is 5.48 Å². The van der Waals surface area contributed by atoms with Gasteiger partial charge in [-0.15, -0.1) is 0 Å². The van der Waals surface area contributed by atoms with Crippen LogP contribution in [0.4, 0.5) is 0 Å². The Bertz CT molecular complexity index is 914. The van der Waals surface area contributed by atoms with E-state index in [9.17, 15) is 9.59 Å². The molecule has 1 heterocycles. The highest BCUT2D eigenvalue weighted by atomic mass is 16.5. The number of rotatable bonds is 5. The first-order valence-electron chi connectivity index (χ1n) is 8.67. The fraction of sp³-hybridized carbons (Fsp3) is 0.286. The van der Waals surface area contributed by atoms with Gasteiger partial charge in [0.2, 0.25) is 0 Å². The van der Waals surface area contributed by atoms with Gasteiger partial charge in [-0.3, -0.25) is 19.8 Å². The number of fused-ring (bicyclic) bond motifs is 1. The number of nitrogens with zero attached hydrogens (tertiary/aromatic N) is 1. The Labute approximate surface area is 157 Å². The molecule has 0 atom stereocenters. The maximum absolute atomic E-state index is 12.8. The van der Waals surface area contributed by atoms with Crippen molar-refractivity contribution in [3.63, 3.8) is 0 Å². The number of aliphatic imine (C=N–C) groups is 1. The summed E-state index contributed by atoms with van der Waals surface area (Å²) in [4.78, 5) is 29.0. The Kier molecular flexibility index (Phi) is 5.10. The van der Waals surface area contributed by atoms with Crippen molar-refractivity contribution in [3.8, 4) is 5.75 Å². The Balaban J connectivity index is 1.88. The highest BCUT2D eigenvalue weighted by Gasteiger charge is 2.28. The second-order valence-electron chi connectivity index (χ2n) is 7.19. The largest absolute Gasteiger partial charge is 0.497 e. The fourth-order valence-corrected chi connectivity index (χ4v) is 3.30. The third-order valence-corrected chi connectivity index (χ3v) is 4.59. The number of amides is 1. The van der Waals surface area contributed by atoms with E-state index in [0.717, 1.165) is 29.0 Å². The van der Waals surface area contributed by atoms with Crippen molar-refractivity contribution < 1.29 is 19.5 Å². The number of ketones is 1. The predicted octanol–water partition coefficient (Wildman–Crippen LogP) is 3.21. The highest BCUT2D eigenvalue weighted by Crippen LogP contribution is 2.31. The number of carbonyl (C=O) groups is 2. The second kappa shape index (κ2) is 7.32. The molecular weight excluding hydrogens is 344 g/mol. The molecule has 0 saturated heterocycles. The SMILES string of the molecule is COc1ccc2c(c1)C(CC(=O)c1ccc(C(=O)NO)cc1)=NC(C)(C)C2. The van der Waals surface area contributed by atoms with Crippen LogP contribution < -0.4 is 10.2 Å². The number of hydrogen-bond acceptors (Lipinski definition) is 5. The molecule has 6 nitrogen and oxygen atoms in total. The van der Waals surface area contributed by atoms with Gasteiger partial charge in [0.05, 0.1) is 24.8 Å². The summed E-state index contributed by atoms with van der Waals surface area (Å²) in [5.74, 6) is 0.0255. The number of carbonyl (C=O) groups excluding carboxylic acids is 2. The van der Waals surface area contributed by atoms with Gasteiger partial charge in [0.1, 0.15) is 5.75 Å². The maximum Gasteiger partial charge on any atom is 0.274 e. The zero-order chi connectivity index (χ0) is 19.6. The van der Waals surface area contributed by atoms with Gasteiger partial charge in [-0.1, -0.05) is 18.2 Å². The Morgan fingerprint density at radius 2 is 1.81 bits per heavy atom. The molecule has 140 valence electrons. The molecule has 2 N–H and O–H groups in total. The summed E-state index contributed by atoms with van der Waals surface area (Å²) in [7, 11) is 1.61. The van der Waals surface area contributed by atoms with E-state index in [2.05, 4.69) is 0 Å². The third kappa shape index (κ3) is 4.06. The molecule has 0 spiro atoms. The van der Waals surface area contributed by atoms with E-state index < -0.39 is 5.91 Å². The van der Waals surface area contributed by atoms with Crippen molar-refractivity contribution in [3.05, 3.63) is 64.7 Å². The lowest BCUT2D eigenvalue weighted by molar-refractivity contribution is 0.0706. The van der Waals surface area contributed by atoms with Crippen LogP contribution >= 0.6 is 0 Å². The molecule has 2 aromatic rings. The Morgan fingerprint density at radius 3 is 2.44 bits per heavy atom. The average molecular weight is 366 g/mol. The predicted molar refractivity (Wildman–Crippen MR) is 102 cm³/mol. The van der Waals surface area contributed by atoms with Crippen LogP contribution in [0, 0.1) is 0 Å². The second-order valence-corrected chi connectivity index (χ2v) is 7.19. The van der Waals surface area contributed by atoms with Crippen molar-refractivity contribution in [2.24, 2.45) is 4.99 Å². The Hall–Kier alpha value is -2.99. The van der Waals surface area contributed by atoms with Crippen LogP contribution in [-0.2, 0) is 6.42 Å². The lowest BCUT2D eigenvalue weighted by atomic mass is 9.85. The van der Waals surface area contributed by atoms with Crippen LogP contribution in [0.15, 0.2) is 47.5 Å². The zero-order valence-electron chi connectivity index (χ0n) is 15.6. The molecule has 6 heteroatoms. The number of Topliss-reactive ketones (excluding diaryl/α,β-unsaturated/α-hetero) is 1. The fourth-order valence-electron chi connectivity index (χ4n) is 3.30. The molecule has 1 aliphatic rings. The molecular formula is C21H22N2O4. The average Bonchev–Trinajstić information content (AvgIpc) is 2.66. The van der Waals surface area contributed by atoms with Gasteiger partial charge in [-0.25, -0.2) is 5.48 Å². The van der Waals surface area contributed by atoms with Crippen LogP contribution in [0.3, 0.4) is 0 Å². The number of ether oxygens (including phenoxy) is 1. The van der Waals surface area contributed by atoms with Gasteiger partial charge in [0, 0.05) is 16.7 Å². The molecule has 2 aromatic carbocycles. The molecule has 0 bridgehead atoms. The minimum Gasteiger partial charge on any atom is -0.497 e. The third-order valence-electron chi connectivity index (χ3n) is 4.59. The number of nitrogens with one attached hydrogen (secondary N) is 1. The first kappa shape index (κ1) is 18.8. The first-order chi connectivity index (χ1) is 12.8. The van der Waals surface area contributed by atoms with Gasteiger partial charge >= 0.3 is 0 Å². The van der Waals surface area contributed by atoms with Gasteiger partial charge in [0.15, 0.2) is 5.78 Å². The lowest BCUT2D eigenvalue weighted by Crippen LogP contribution is -2.30. The molecule has 1 aliphatic heterocycles. The van der Waals surface area contributed by atoms with Crippen molar-refractivity contribution in [2.45, 2.75) is 32.2 Å². The number of hydrogen-bond donors (Lipinski definition) is 2. The summed E-state index contributed by atoms with van der Waals surface area (Å²) < 4.78 is 5.32. The van der Waals surface area contributed by atoms with E-state index in [0.29, 0.717) is 5.56 Å². The molecule has 1 amide bonds. The van der Waals surface area contributed by atoms with Crippen LogP contribution in [0.25, 0.3) is 0 Å². The molecule has 0 saturated carbocycles. The summed E-state index contributed by atoms with van der Waals surface area (Å²) in [5.41, 5.74) is 4.89. The van der Waals surface area contributed by atoms with Crippen LogP contribution in [0.5, 0.6) is 5.75 Å². The topological polar surface area (TPSA) is 88.0 Å². The number of hydroxylamine groups is 1. The zero-order valence-corrected chi connectivity index (χ0v) is 15.6. The number of benzene rings is 2. The van der Waals surface area contributed by atoms with Crippen LogP contribution in [0.2, 0.25) is 0 Å². The molecule has 27 heavy (non-hydrogen) atoms. The minimum atomic E-state index is -0.617. The van der Waals surface area contributed by atoms with E-state index >= 15 is 0 Å². The van der Waals surface area contributed by atoms with E-state index in [1.54, 1.807) is 24.7 Å². The van der Waals surface area contributed by atoms with E-state index in [-0.39, 0.29) is 23.3 Å². The van der Waals surface area contributed by atoms with Crippen LogP contribution in [-0.4, -0.2) is 35.3 Å². The molecule has 0 aliphatic carbocycles.